The number of unbranched alkanes of at least 4 members (excludes halogenated alkanes) is 1. The van der Waals surface area contributed by atoms with Crippen LogP contribution in [0.5, 0.6) is 0 Å². The van der Waals surface area contributed by atoms with Crippen molar-refractivity contribution in [2.75, 3.05) is 33.5 Å². The van der Waals surface area contributed by atoms with Crippen molar-refractivity contribution in [3.8, 4) is 0 Å². The minimum atomic E-state index is -0.206. The Morgan fingerprint density at radius 1 is 1.37 bits per heavy atom. The van der Waals surface area contributed by atoms with Crippen LogP contribution in [-0.2, 0) is 9.47 Å². The summed E-state index contributed by atoms with van der Waals surface area (Å²) in [6, 6.07) is 3.18. The maximum Gasteiger partial charge on any atom is 0.269 e. The number of hydrogen-bond acceptors (Lipinski definition) is 4. The molecule has 0 aliphatic rings. The Labute approximate surface area is 118 Å². The van der Waals surface area contributed by atoms with Gasteiger partial charge in [-0.1, -0.05) is 11.6 Å². The van der Waals surface area contributed by atoms with Crippen molar-refractivity contribution in [1.29, 1.82) is 0 Å². The topological polar surface area (TPSA) is 60.5 Å². The molecule has 0 atom stereocenters. The van der Waals surface area contributed by atoms with E-state index in [1.54, 1.807) is 19.2 Å². The molecule has 0 bridgehead atoms. The molecule has 0 spiro atoms. The van der Waals surface area contributed by atoms with E-state index in [0.717, 1.165) is 12.8 Å². The summed E-state index contributed by atoms with van der Waals surface area (Å²) < 4.78 is 10.2. The van der Waals surface area contributed by atoms with Gasteiger partial charge in [-0.25, -0.2) is 0 Å². The molecule has 19 heavy (non-hydrogen) atoms. The number of nitrogens with zero attached hydrogens (tertiary/aromatic N) is 1. The molecular formula is C13H19ClN2O3. The monoisotopic (exact) mass is 286 g/mol. The molecule has 0 unspecified atom stereocenters. The third-order valence-electron chi connectivity index (χ3n) is 2.39. The quantitative estimate of drug-likeness (QED) is 0.705. The van der Waals surface area contributed by atoms with Crippen LogP contribution in [0.1, 0.15) is 23.3 Å². The molecule has 1 rings (SSSR count). The highest BCUT2D eigenvalue weighted by molar-refractivity contribution is 6.30. The number of carbonyl (C=O) groups excluding carboxylic acids is 1. The highest BCUT2D eigenvalue weighted by atomic mass is 35.5. The second kappa shape index (κ2) is 9.72. The number of pyridine rings is 1. The molecule has 6 heteroatoms. The van der Waals surface area contributed by atoms with Gasteiger partial charge in [0.25, 0.3) is 5.91 Å². The second-order valence-corrected chi connectivity index (χ2v) is 4.36. The van der Waals surface area contributed by atoms with Crippen LogP contribution >= 0.6 is 11.6 Å². The van der Waals surface area contributed by atoms with Crippen LogP contribution in [0.2, 0.25) is 5.02 Å². The summed E-state index contributed by atoms with van der Waals surface area (Å²) in [5, 5.41) is 3.29. The summed E-state index contributed by atoms with van der Waals surface area (Å²) >= 11 is 5.79. The number of nitrogens with one attached hydrogen (secondary N) is 1. The fourth-order valence-corrected chi connectivity index (χ4v) is 1.55. The molecule has 1 amide bonds. The van der Waals surface area contributed by atoms with Gasteiger partial charge < -0.3 is 14.8 Å². The van der Waals surface area contributed by atoms with Gasteiger partial charge >= 0.3 is 0 Å². The van der Waals surface area contributed by atoms with Crippen LogP contribution in [0.4, 0.5) is 0 Å². The lowest BCUT2D eigenvalue weighted by atomic mass is 10.3. The molecule has 1 N–H and O–H groups in total. The number of ether oxygens (including phenoxy) is 2. The van der Waals surface area contributed by atoms with Crippen molar-refractivity contribution in [2.24, 2.45) is 0 Å². The van der Waals surface area contributed by atoms with E-state index in [4.69, 9.17) is 21.1 Å². The number of carbonyl (C=O) groups is 1. The van der Waals surface area contributed by atoms with Crippen LogP contribution in [0, 0.1) is 0 Å². The highest BCUT2D eigenvalue weighted by Gasteiger charge is 2.06. The number of aromatic nitrogens is 1. The van der Waals surface area contributed by atoms with Gasteiger partial charge in [0.2, 0.25) is 0 Å². The standard InChI is InChI=1S/C13H19ClN2O3/c1-18-8-9-19-7-3-2-5-16-13(17)12-10-11(14)4-6-15-12/h4,6,10H,2-3,5,7-9H2,1H3,(H,16,17). The van der Waals surface area contributed by atoms with Crippen LogP contribution in [0.3, 0.4) is 0 Å². The van der Waals surface area contributed by atoms with Crippen molar-refractivity contribution < 1.29 is 14.3 Å². The van der Waals surface area contributed by atoms with E-state index in [1.807, 2.05) is 0 Å². The fourth-order valence-electron chi connectivity index (χ4n) is 1.39. The van der Waals surface area contributed by atoms with E-state index >= 15 is 0 Å². The van der Waals surface area contributed by atoms with E-state index in [-0.39, 0.29) is 5.91 Å². The first kappa shape index (κ1) is 15.9. The Morgan fingerprint density at radius 2 is 2.21 bits per heavy atom. The Bertz CT molecular complexity index is 388. The van der Waals surface area contributed by atoms with Crippen LogP contribution in [0.25, 0.3) is 0 Å². The van der Waals surface area contributed by atoms with Crippen molar-refractivity contribution >= 4 is 17.5 Å². The molecule has 0 saturated heterocycles. The van der Waals surface area contributed by atoms with Gasteiger partial charge in [-0.15, -0.1) is 0 Å². The first-order valence-corrected chi connectivity index (χ1v) is 6.58. The van der Waals surface area contributed by atoms with Gasteiger partial charge in [0.1, 0.15) is 5.69 Å². The predicted octanol–water partition coefficient (Wildman–Crippen LogP) is 1.91. The lowest BCUT2D eigenvalue weighted by Crippen LogP contribution is -2.25. The molecule has 1 aromatic rings. The number of rotatable bonds is 9. The van der Waals surface area contributed by atoms with E-state index in [1.165, 1.54) is 6.20 Å². The third-order valence-corrected chi connectivity index (χ3v) is 2.62. The molecule has 106 valence electrons. The average molecular weight is 287 g/mol. The van der Waals surface area contributed by atoms with Crippen molar-refractivity contribution in [2.45, 2.75) is 12.8 Å². The predicted molar refractivity (Wildman–Crippen MR) is 73.5 cm³/mol. The molecule has 0 aliphatic carbocycles. The zero-order valence-corrected chi connectivity index (χ0v) is 11.8. The normalized spacial score (nSPS) is 10.4. The molecule has 0 radical (unpaired) electrons. The van der Waals surface area contributed by atoms with Crippen LogP contribution in [-0.4, -0.2) is 44.4 Å². The van der Waals surface area contributed by atoms with Gasteiger partial charge in [0.15, 0.2) is 0 Å². The third kappa shape index (κ3) is 7.10. The van der Waals surface area contributed by atoms with Crippen LogP contribution in [0.15, 0.2) is 18.3 Å². The zero-order chi connectivity index (χ0) is 13.9. The van der Waals surface area contributed by atoms with Gasteiger partial charge in [0.05, 0.1) is 13.2 Å². The minimum absolute atomic E-state index is 0.206. The summed E-state index contributed by atoms with van der Waals surface area (Å²) in [5.74, 6) is -0.206. The molecule has 1 aromatic heterocycles. The number of amides is 1. The lowest BCUT2D eigenvalue weighted by molar-refractivity contribution is 0.0686. The van der Waals surface area contributed by atoms with Crippen molar-refractivity contribution in [1.82, 2.24) is 10.3 Å². The zero-order valence-electron chi connectivity index (χ0n) is 11.0. The Balaban J connectivity index is 2.08. The Hall–Kier alpha value is -1.17. The lowest BCUT2D eigenvalue weighted by Gasteiger charge is -2.05. The highest BCUT2D eigenvalue weighted by Crippen LogP contribution is 2.07. The van der Waals surface area contributed by atoms with E-state index in [0.29, 0.717) is 37.1 Å². The molecule has 0 fully saturated rings. The first-order valence-electron chi connectivity index (χ1n) is 6.20. The number of halogens is 1. The van der Waals surface area contributed by atoms with Crippen LogP contribution < -0.4 is 5.32 Å². The Morgan fingerprint density at radius 3 is 2.95 bits per heavy atom. The summed E-state index contributed by atoms with van der Waals surface area (Å²) in [4.78, 5) is 15.6. The molecular weight excluding hydrogens is 268 g/mol. The minimum Gasteiger partial charge on any atom is -0.382 e. The summed E-state index contributed by atoms with van der Waals surface area (Å²) in [6.07, 6.45) is 3.27. The van der Waals surface area contributed by atoms with E-state index in [2.05, 4.69) is 10.3 Å². The molecule has 0 aromatic carbocycles. The molecule has 1 heterocycles. The maximum atomic E-state index is 11.7. The number of hydrogen-bond donors (Lipinski definition) is 1. The average Bonchev–Trinajstić information content (AvgIpc) is 2.41. The summed E-state index contributed by atoms with van der Waals surface area (Å²) in [7, 11) is 1.64. The van der Waals surface area contributed by atoms with Gasteiger partial charge in [0, 0.05) is 31.5 Å². The van der Waals surface area contributed by atoms with Gasteiger partial charge in [-0.05, 0) is 25.0 Å². The maximum absolute atomic E-state index is 11.7. The first-order chi connectivity index (χ1) is 9.24. The van der Waals surface area contributed by atoms with Crippen molar-refractivity contribution in [3.63, 3.8) is 0 Å². The molecule has 5 nitrogen and oxygen atoms in total. The summed E-state index contributed by atoms with van der Waals surface area (Å²) in [6.45, 7) is 2.49. The largest absolute Gasteiger partial charge is 0.382 e. The van der Waals surface area contributed by atoms with E-state index in [9.17, 15) is 4.79 Å². The fraction of sp³-hybridized carbons (Fsp3) is 0.538. The van der Waals surface area contributed by atoms with E-state index < -0.39 is 0 Å². The molecule has 0 saturated carbocycles. The summed E-state index contributed by atoms with van der Waals surface area (Å²) in [5.41, 5.74) is 0.337. The SMILES string of the molecule is COCCOCCCCNC(=O)c1cc(Cl)ccn1. The Kier molecular flexibility index (Phi) is 8.13. The number of methoxy groups -OCH3 is 1. The molecule has 0 aliphatic heterocycles. The second-order valence-electron chi connectivity index (χ2n) is 3.93. The smallest absolute Gasteiger partial charge is 0.269 e. The van der Waals surface area contributed by atoms with Gasteiger partial charge in [-0.2, -0.15) is 0 Å². The van der Waals surface area contributed by atoms with Gasteiger partial charge in [-0.3, -0.25) is 9.78 Å². The van der Waals surface area contributed by atoms with Crippen molar-refractivity contribution in [3.05, 3.63) is 29.0 Å².